The summed E-state index contributed by atoms with van der Waals surface area (Å²) in [4.78, 5) is 14.4. The number of hydrogen-bond donors (Lipinski definition) is 2. The van der Waals surface area contributed by atoms with Crippen molar-refractivity contribution in [1.29, 1.82) is 0 Å². The Labute approximate surface area is 85.9 Å². The summed E-state index contributed by atoms with van der Waals surface area (Å²) in [5, 5.41) is 11.5. The summed E-state index contributed by atoms with van der Waals surface area (Å²) in [6.07, 6.45) is 0.960. The highest BCUT2D eigenvalue weighted by molar-refractivity contribution is 5.93. The van der Waals surface area contributed by atoms with Crippen LogP contribution in [0, 0.1) is 5.82 Å². The highest BCUT2D eigenvalue weighted by Crippen LogP contribution is 2.12. The minimum atomic E-state index is -1.22. The van der Waals surface area contributed by atoms with E-state index >= 15 is 0 Å². The predicted octanol–water partition coefficient (Wildman–Crippen LogP) is 0.977. The molecule has 1 rings (SSSR count). The molecule has 5 nitrogen and oxygen atoms in total. The number of nitrogens with one attached hydrogen (secondary N) is 1. The summed E-state index contributed by atoms with van der Waals surface area (Å²) < 4.78 is 17.5. The van der Waals surface area contributed by atoms with Crippen LogP contribution in [0.25, 0.3) is 0 Å². The van der Waals surface area contributed by atoms with Crippen LogP contribution in [-0.2, 0) is 4.74 Å². The first kappa shape index (κ1) is 11.4. The molecule has 0 saturated carbocycles. The van der Waals surface area contributed by atoms with Gasteiger partial charge in [0.1, 0.15) is 17.2 Å². The van der Waals surface area contributed by atoms with Gasteiger partial charge in [-0.05, 0) is 6.07 Å². The van der Waals surface area contributed by atoms with Crippen LogP contribution in [0.15, 0.2) is 12.3 Å². The third-order valence-electron chi connectivity index (χ3n) is 1.68. The predicted molar refractivity (Wildman–Crippen MR) is 51.5 cm³/mol. The van der Waals surface area contributed by atoms with Crippen molar-refractivity contribution in [3.63, 3.8) is 0 Å². The summed E-state index contributed by atoms with van der Waals surface area (Å²) in [5.41, 5.74) is -0.189. The summed E-state index contributed by atoms with van der Waals surface area (Å²) in [7, 11) is 1.53. The Balaban J connectivity index is 2.81. The molecule has 0 unspecified atom stereocenters. The molecule has 1 aromatic rings. The molecule has 0 aliphatic heterocycles. The van der Waals surface area contributed by atoms with Crippen LogP contribution in [0.3, 0.4) is 0 Å². The molecule has 1 heterocycles. The van der Waals surface area contributed by atoms with E-state index in [9.17, 15) is 9.18 Å². The van der Waals surface area contributed by atoms with Crippen molar-refractivity contribution in [2.45, 2.75) is 0 Å². The standard InChI is InChI=1S/C9H11FN2O3/c1-15-3-2-11-8-7(9(13)14)4-6(10)5-12-8/h4-5H,2-3H2,1H3,(H,11,12)(H,13,14). The Kier molecular flexibility index (Phi) is 3.99. The first-order chi connectivity index (χ1) is 7.15. The molecule has 0 spiro atoms. The average Bonchev–Trinajstić information content (AvgIpc) is 2.20. The molecule has 0 radical (unpaired) electrons. The summed E-state index contributed by atoms with van der Waals surface area (Å²) >= 11 is 0. The molecule has 2 N–H and O–H groups in total. The number of methoxy groups -OCH3 is 1. The minimum Gasteiger partial charge on any atom is -0.478 e. The zero-order valence-electron chi connectivity index (χ0n) is 8.16. The number of carbonyl (C=O) groups is 1. The molecule has 82 valence electrons. The van der Waals surface area contributed by atoms with Gasteiger partial charge in [0.2, 0.25) is 0 Å². The monoisotopic (exact) mass is 214 g/mol. The maximum absolute atomic E-state index is 12.7. The molecular weight excluding hydrogens is 203 g/mol. The van der Waals surface area contributed by atoms with Crippen molar-refractivity contribution in [3.8, 4) is 0 Å². The maximum atomic E-state index is 12.7. The van der Waals surface area contributed by atoms with E-state index in [1.54, 1.807) is 0 Å². The molecule has 0 atom stereocenters. The molecule has 15 heavy (non-hydrogen) atoms. The fourth-order valence-corrected chi connectivity index (χ4v) is 1.01. The van der Waals surface area contributed by atoms with Gasteiger partial charge in [-0.2, -0.15) is 0 Å². The van der Waals surface area contributed by atoms with Crippen molar-refractivity contribution in [1.82, 2.24) is 4.98 Å². The van der Waals surface area contributed by atoms with E-state index in [1.165, 1.54) is 7.11 Å². The largest absolute Gasteiger partial charge is 0.478 e. The Morgan fingerprint density at radius 2 is 2.47 bits per heavy atom. The van der Waals surface area contributed by atoms with Gasteiger partial charge in [-0.25, -0.2) is 14.2 Å². The first-order valence-electron chi connectivity index (χ1n) is 4.27. The second-order valence-electron chi connectivity index (χ2n) is 2.77. The molecule has 0 aliphatic rings. The van der Waals surface area contributed by atoms with E-state index < -0.39 is 11.8 Å². The van der Waals surface area contributed by atoms with Crippen LogP contribution in [0.1, 0.15) is 10.4 Å². The van der Waals surface area contributed by atoms with E-state index in [2.05, 4.69) is 10.3 Å². The Morgan fingerprint density at radius 1 is 1.73 bits per heavy atom. The van der Waals surface area contributed by atoms with Crippen LogP contribution in [0.4, 0.5) is 10.2 Å². The summed E-state index contributed by atoms with van der Waals surface area (Å²) in [6, 6.07) is 0.921. The van der Waals surface area contributed by atoms with Crippen LogP contribution >= 0.6 is 0 Å². The second kappa shape index (κ2) is 5.26. The average molecular weight is 214 g/mol. The van der Waals surface area contributed by atoms with Gasteiger partial charge in [0.05, 0.1) is 12.8 Å². The van der Waals surface area contributed by atoms with Gasteiger partial charge in [0, 0.05) is 13.7 Å². The third kappa shape index (κ3) is 3.17. The molecule has 6 heteroatoms. The van der Waals surface area contributed by atoms with Crippen LogP contribution < -0.4 is 5.32 Å². The molecule has 0 fully saturated rings. The number of anilines is 1. The van der Waals surface area contributed by atoms with Gasteiger partial charge in [-0.1, -0.05) is 0 Å². The second-order valence-corrected chi connectivity index (χ2v) is 2.77. The Hall–Kier alpha value is -1.69. The molecular formula is C9H11FN2O3. The van der Waals surface area contributed by atoms with E-state index in [0.717, 1.165) is 12.3 Å². The highest BCUT2D eigenvalue weighted by atomic mass is 19.1. The molecule has 0 saturated heterocycles. The highest BCUT2D eigenvalue weighted by Gasteiger charge is 2.12. The lowest BCUT2D eigenvalue weighted by atomic mass is 10.2. The minimum absolute atomic E-state index is 0.140. The third-order valence-corrected chi connectivity index (χ3v) is 1.68. The van der Waals surface area contributed by atoms with Crippen molar-refractivity contribution in [2.24, 2.45) is 0 Å². The lowest BCUT2D eigenvalue weighted by molar-refractivity contribution is 0.0697. The zero-order chi connectivity index (χ0) is 11.3. The van der Waals surface area contributed by atoms with E-state index in [-0.39, 0.29) is 11.4 Å². The number of aromatic carboxylic acids is 1. The molecule has 0 aliphatic carbocycles. The van der Waals surface area contributed by atoms with Gasteiger partial charge in [0.25, 0.3) is 0 Å². The van der Waals surface area contributed by atoms with E-state index in [4.69, 9.17) is 9.84 Å². The lowest BCUT2D eigenvalue weighted by Crippen LogP contribution is -2.13. The maximum Gasteiger partial charge on any atom is 0.339 e. The van der Waals surface area contributed by atoms with E-state index in [0.29, 0.717) is 13.2 Å². The number of pyridine rings is 1. The molecule has 1 aromatic heterocycles. The van der Waals surface area contributed by atoms with Crippen LogP contribution in [-0.4, -0.2) is 36.3 Å². The van der Waals surface area contributed by atoms with Crippen molar-refractivity contribution >= 4 is 11.8 Å². The number of carboxylic acids is 1. The van der Waals surface area contributed by atoms with Gasteiger partial charge in [0.15, 0.2) is 0 Å². The fraction of sp³-hybridized carbons (Fsp3) is 0.333. The number of ether oxygens (including phenoxy) is 1. The number of halogens is 1. The van der Waals surface area contributed by atoms with E-state index in [1.807, 2.05) is 0 Å². The molecule has 0 amide bonds. The topological polar surface area (TPSA) is 71.5 Å². The zero-order valence-corrected chi connectivity index (χ0v) is 8.16. The smallest absolute Gasteiger partial charge is 0.339 e. The van der Waals surface area contributed by atoms with Crippen molar-refractivity contribution in [3.05, 3.63) is 23.6 Å². The number of hydrogen-bond acceptors (Lipinski definition) is 4. The van der Waals surface area contributed by atoms with Gasteiger partial charge in [-0.15, -0.1) is 0 Å². The lowest BCUT2D eigenvalue weighted by Gasteiger charge is -2.07. The fourth-order valence-electron chi connectivity index (χ4n) is 1.01. The molecule has 0 bridgehead atoms. The number of carboxylic acid groups (broad SMARTS) is 1. The van der Waals surface area contributed by atoms with Crippen molar-refractivity contribution < 1.29 is 19.0 Å². The first-order valence-corrected chi connectivity index (χ1v) is 4.27. The normalized spacial score (nSPS) is 10.0. The quantitative estimate of drug-likeness (QED) is 0.715. The molecule has 0 aromatic carbocycles. The van der Waals surface area contributed by atoms with Gasteiger partial charge >= 0.3 is 5.97 Å². The Bertz CT molecular complexity index is 357. The van der Waals surface area contributed by atoms with Crippen molar-refractivity contribution in [2.75, 3.05) is 25.6 Å². The van der Waals surface area contributed by atoms with Gasteiger partial charge < -0.3 is 15.2 Å². The summed E-state index contributed by atoms with van der Waals surface area (Å²) in [6.45, 7) is 0.827. The number of nitrogens with zero attached hydrogens (tertiary/aromatic N) is 1. The van der Waals surface area contributed by atoms with Crippen LogP contribution in [0.2, 0.25) is 0 Å². The Morgan fingerprint density at radius 3 is 3.07 bits per heavy atom. The number of rotatable bonds is 5. The van der Waals surface area contributed by atoms with Crippen LogP contribution in [0.5, 0.6) is 0 Å². The SMILES string of the molecule is COCCNc1ncc(F)cc1C(=O)O. The summed E-state index contributed by atoms with van der Waals surface area (Å²) in [5.74, 6) is -1.76. The van der Waals surface area contributed by atoms with Gasteiger partial charge in [-0.3, -0.25) is 0 Å². The number of aromatic nitrogens is 1.